The number of nitrogens with zero attached hydrogens (tertiary/aromatic N) is 3. The molecule has 6 nitrogen and oxygen atoms in total. The highest BCUT2D eigenvalue weighted by Gasteiger charge is 2.31. The highest BCUT2D eigenvalue weighted by molar-refractivity contribution is 7.89. The summed E-state index contributed by atoms with van der Waals surface area (Å²) in [5.41, 5.74) is 1.96. The molecule has 0 spiro atoms. The summed E-state index contributed by atoms with van der Waals surface area (Å²) in [5.74, 6) is 0.349. The van der Waals surface area contributed by atoms with Crippen molar-refractivity contribution in [1.82, 2.24) is 13.9 Å². The fraction of sp³-hybridized carbons (Fsp3) is 0.400. The number of hydrogen-bond acceptors (Lipinski definition) is 5. The number of aromatic nitrogens is 2. The zero-order chi connectivity index (χ0) is 20.1. The third-order valence-corrected chi connectivity index (χ3v) is 8.00. The number of sulfonamides is 1. The largest absolute Gasteiger partial charge is 0.298 e. The van der Waals surface area contributed by atoms with Crippen molar-refractivity contribution in [2.24, 2.45) is 5.92 Å². The topological polar surface area (TPSA) is 72.3 Å². The molecule has 0 bridgehead atoms. The number of rotatable bonds is 4. The molecule has 0 saturated carbocycles. The SMILES string of the molecule is Cc1ccc(S(=O)(=O)N2CCc3c(sc4ncn(CC(C)C)c(=O)c34)C2)cc1. The van der Waals surface area contributed by atoms with Crippen LogP contribution in [0.15, 0.2) is 40.3 Å². The van der Waals surface area contributed by atoms with E-state index >= 15 is 0 Å². The lowest BCUT2D eigenvalue weighted by atomic mass is 10.1. The second-order valence-electron chi connectivity index (χ2n) is 7.68. The summed E-state index contributed by atoms with van der Waals surface area (Å²) in [6.07, 6.45) is 2.14. The molecule has 2 aromatic heterocycles. The maximum atomic E-state index is 13.0. The average molecular weight is 418 g/mol. The summed E-state index contributed by atoms with van der Waals surface area (Å²) < 4.78 is 29.2. The molecular formula is C20H23N3O3S2. The van der Waals surface area contributed by atoms with Gasteiger partial charge in [0, 0.05) is 24.5 Å². The van der Waals surface area contributed by atoms with Crippen molar-refractivity contribution >= 4 is 31.6 Å². The molecule has 0 atom stereocenters. The smallest absolute Gasteiger partial charge is 0.262 e. The predicted octanol–water partition coefficient (Wildman–Crippen LogP) is 3.17. The molecule has 3 heterocycles. The van der Waals surface area contributed by atoms with Crippen molar-refractivity contribution in [1.29, 1.82) is 0 Å². The van der Waals surface area contributed by atoms with E-state index in [2.05, 4.69) is 18.8 Å². The number of fused-ring (bicyclic) bond motifs is 3. The van der Waals surface area contributed by atoms with E-state index in [-0.39, 0.29) is 12.1 Å². The van der Waals surface area contributed by atoms with E-state index in [0.717, 1.165) is 16.0 Å². The molecule has 1 aliphatic heterocycles. The van der Waals surface area contributed by atoms with Gasteiger partial charge in [0.15, 0.2) is 0 Å². The van der Waals surface area contributed by atoms with E-state index in [9.17, 15) is 13.2 Å². The molecule has 3 aromatic rings. The van der Waals surface area contributed by atoms with Crippen LogP contribution in [0, 0.1) is 12.8 Å². The third-order valence-electron chi connectivity index (χ3n) is 5.01. The second-order valence-corrected chi connectivity index (χ2v) is 10.7. The Morgan fingerprint density at radius 1 is 1.21 bits per heavy atom. The Balaban J connectivity index is 1.71. The Labute approximate surface area is 168 Å². The highest BCUT2D eigenvalue weighted by atomic mass is 32.2. The number of hydrogen-bond donors (Lipinski definition) is 0. The summed E-state index contributed by atoms with van der Waals surface area (Å²) in [5, 5.41) is 0.663. The molecular weight excluding hydrogens is 394 g/mol. The lowest BCUT2D eigenvalue weighted by molar-refractivity contribution is 0.396. The first kappa shape index (κ1) is 19.3. The molecule has 1 aromatic carbocycles. The molecule has 0 amide bonds. The predicted molar refractivity (Wildman–Crippen MR) is 111 cm³/mol. The monoisotopic (exact) mass is 417 g/mol. The van der Waals surface area contributed by atoms with Gasteiger partial charge in [0.05, 0.1) is 16.6 Å². The Morgan fingerprint density at radius 2 is 1.93 bits per heavy atom. The Kier molecular flexibility index (Phi) is 4.89. The van der Waals surface area contributed by atoms with Crippen LogP contribution in [0.3, 0.4) is 0 Å². The molecule has 0 saturated heterocycles. The van der Waals surface area contributed by atoms with Crippen LogP contribution < -0.4 is 5.56 Å². The summed E-state index contributed by atoms with van der Waals surface area (Å²) in [6, 6.07) is 6.92. The van der Waals surface area contributed by atoms with Gasteiger partial charge in [-0.3, -0.25) is 9.36 Å². The van der Waals surface area contributed by atoms with Crippen molar-refractivity contribution in [2.75, 3.05) is 6.54 Å². The summed E-state index contributed by atoms with van der Waals surface area (Å²) >= 11 is 1.43. The zero-order valence-corrected chi connectivity index (χ0v) is 17.8. The molecule has 1 aliphatic rings. The average Bonchev–Trinajstić information content (AvgIpc) is 3.02. The van der Waals surface area contributed by atoms with E-state index in [1.807, 2.05) is 19.1 Å². The van der Waals surface area contributed by atoms with E-state index in [0.29, 0.717) is 40.5 Å². The number of thiophene rings is 1. The molecule has 0 aliphatic carbocycles. The van der Waals surface area contributed by atoms with Gasteiger partial charge >= 0.3 is 0 Å². The maximum absolute atomic E-state index is 13.0. The summed E-state index contributed by atoms with van der Waals surface area (Å²) in [6.45, 7) is 7.34. The van der Waals surface area contributed by atoms with Gasteiger partial charge in [0.1, 0.15) is 4.83 Å². The summed E-state index contributed by atoms with van der Waals surface area (Å²) in [7, 11) is -3.56. The van der Waals surface area contributed by atoms with Gasteiger partial charge in [0.2, 0.25) is 10.0 Å². The first-order valence-electron chi connectivity index (χ1n) is 9.34. The molecule has 4 rings (SSSR count). The van der Waals surface area contributed by atoms with Gasteiger partial charge in [0.25, 0.3) is 5.56 Å². The van der Waals surface area contributed by atoms with Gasteiger partial charge < -0.3 is 0 Å². The Bertz CT molecular complexity index is 1190. The van der Waals surface area contributed by atoms with Crippen molar-refractivity contribution in [2.45, 2.75) is 45.2 Å². The van der Waals surface area contributed by atoms with Gasteiger partial charge in [-0.15, -0.1) is 11.3 Å². The fourth-order valence-corrected chi connectivity index (χ4v) is 6.27. The maximum Gasteiger partial charge on any atom is 0.262 e. The normalized spacial score (nSPS) is 15.3. The van der Waals surface area contributed by atoms with Crippen LogP contribution >= 0.6 is 11.3 Å². The minimum absolute atomic E-state index is 0.0222. The van der Waals surface area contributed by atoms with Crippen molar-refractivity contribution in [3.05, 3.63) is 57.0 Å². The van der Waals surface area contributed by atoms with Crippen LogP contribution in [0.2, 0.25) is 0 Å². The molecule has 0 radical (unpaired) electrons. The Morgan fingerprint density at radius 3 is 2.61 bits per heavy atom. The molecule has 28 heavy (non-hydrogen) atoms. The van der Waals surface area contributed by atoms with Gasteiger partial charge in [-0.25, -0.2) is 13.4 Å². The zero-order valence-electron chi connectivity index (χ0n) is 16.2. The third kappa shape index (κ3) is 3.29. The molecule has 0 N–H and O–H groups in total. The first-order valence-corrected chi connectivity index (χ1v) is 11.6. The fourth-order valence-electron chi connectivity index (χ4n) is 3.58. The molecule has 148 valence electrons. The standard InChI is InChI=1S/C20H23N3O3S2/c1-13(2)10-22-12-21-19-18(20(22)24)16-8-9-23(11-17(16)27-19)28(25,26)15-6-4-14(3)5-7-15/h4-7,12-13H,8-11H2,1-3H3. The van der Waals surface area contributed by atoms with E-state index in [1.54, 1.807) is 23.0 Å². The van der Waals surface area contributed by atoms with Crippen LogP contribution in [-0.4, -0.2) is 28.8 Å². The van der Waals surface area contributed by atoms with E-state index in [1.165, 1.54) is 15.6 Å². The quantitative estimate of drug-likeness (QED) is 0.654. The molecule has 8 heteroatoms. The second kappa shape index (κ2) is 7.09. The minimum atomic E-state index is -3.56. The van der Waals surface area contributed by atoms with Crippen LogP contribution in [0.4, 0.5) is 0 Å². The Hall–Kier alpha value is -2.03. The molecule has 0 unspecified atom stereocenters. The first-order chi connectivity index (χ1) is 13.3. The van der Waals surface area contributed by atoms with Crippen molar-refractivity contribution in [3.8, 4) is 0 Å². The van der Waals surface area contributed by atoms with Crippen molar-refractivity contribution in [3.63, 3.8) is 0 Å². The van der Waals surface area contributed by atoms with Crippen LogP contribution in [0.5, 0.6) is 0 Å². The van der Waals surface area contributed by atoms with Crippen LogP contribution in [0.1, 0.15) is 29.9 Å². The van der Waals surface area contributed by atoms with Crippen LogP contribution in [-0.2, 0) is 29.5 Å². The number of benzene rings is 1. The summed E-state index contributed by atoms with van der Waals surface area (Å²) in [4.78, 5) is 19.3. The van der Waals surface area contributed by atoms with Crippen molar-refractivity contribution < 1.29 is 8.42 Å². The van der Waals surface area contributed by atoms with E-state index < -0.39 is 10.0 Å². The van der Waals surface area contributed by atoms with Gasteiger partial charge in [-0.1, -0.05) is 31.5 Å². The number of aryl methyl sites for hydroxylation is 1. The lowest BCUT2D eigenvalue weighted by Crippen LogP contribution is -2.35. The van der Waals surface area contributed by atoms with E-state index in [4.69, 9.17) is 0 Å². The minimum Gasteiger partial charge on any atom is -0.298 e. The van der Waals surface area contributed by atoms with Gasteiger partial charge in [-0.05, 0) is 37.0 Å². The van der Waals surface area contributed by atoms with Gasteiger partial charge in [-0.2, -0.15) is 4.31 Å². The highest BCUT2D eigenvalue weighted by Crippen LogP contribution is 2.34. The lowest BCUT2D eigenvalue weighted by Gasteiger charge is -2.26. The van der Waals surface area contributed by atoms with Crippen LogP contribution in [0.25, 0.3) is 10.2 Å². The molecule has 0 fully saturated rings.